The Labute approximate surface area is 521 Å². The van der Waals surface area contributed by atoms with Gasteiger partial charge in [0.15, 0.2) is 6.10 Å². The number of allylic oxidation sites excluding steroid dienone is 26. The van der Waals surface area contributed by atoms with Crippen molar-refractivity contribution in [3.63, 3.8) is 0 Å². The van der Waals surface area contributed by atoms with Gasteiger partial charge in [0.2, 0.25) is 0 Å². The van der Waals surface area contributed by atoms with Gasteiger partial charge in [0.1, 0.15) is 13.2 Å². The third-order valence-electron chi connectivity index (χ3n) is 13.8. The summed E-state index contributed by atoms with van der Waals surface area (Å²) in [5.74, 6) is -2.05. The molecule has 0 aromatic heterocycles. The zero-order valence-corrected chi connectivity index (χ0v) is 54.7. The summed E-state index contributed by atoms with van der Waals surface area (Å²) in [7, 11) is 5.95. The number of esters is 2. The Morgan fingerprint density at radius 1 is 0.365 bits per heavy atom. The van der Waals surface area contributed by atoms with Gasteiger partial charge < -0.3 is 28.5 Å². The van der Waals surface area contributed by atoms with E-state index in [0.717, 1.165) is 148 Å². The van der Waals surface area contributed by atoms with Gasteiger partial charge in [0, 0.05) is 12.8 Å². The highest BCUT2D eigenvalue weighted by molar-refractivity contribution is 5.71. The van der Waals surface area contributed by atoms with Crippen LogP contribution in [-0.4, -0.2) is 87.4 Å². The molecule has 9 heteroatoms. The number of likely N-dealkylation sites (N-methyl/N-ethyl adjacent to an activating group) is 1. The average Bonchev–Trinajstić information content (AvgIpc) is 3.48. The Morgan fingerprint density at radius 2 is 0.671 bits per heavy atom. The van der Waals surface area contributed by atoms with Crippen molar-refractivity contribution in [2.45, 2.75) is 257 Å². The van der Waals surface area contributed by atoms with Crippen LogP contribution in [0.2, 0.25) is 0 Å². The Kier molecular flexibility index (Phi) is 61.0. The third kappa shape index (κ3) is 66.3. The molecule has 2 unspecified atom stereocenters. The number of carbonyl (C=O) groups excluding carboxylic acids is 2. The number of quaternary nitrogens is 1. The van der Waals surface area contributed by atoms with Crippen LogP contribution >= 0.6 is 0 Å². The van der Waals surface area contributed by atoms with Crippen LogP contribution in [0.4, 0.5) is 0 Å². The highest BCUT2D eigenvalue weighted by atomic mass is 16.7. The van der Waals surface area contributed by atoms with Crippen LogP contribution in [0, 0.1) is 0 Å². The summed E-state index contributed by atoms with van der Waals surface area (Å²) in [6, 6.07) is 0. The average molecular weight is 1180 g/mol. The monoisotopic (exact) mass is 1180 g/mol. The van der Waals surface area contributed by atoms with Crippen LogP contribution < -0.4 is 0 Å². The molecule has 0 spiro atoms. The molecule has 0 radical (unpaired) electrons. The number of aliphatic carboxylic acids is 1. The molecule has 0 aromatic carbocycles. The van der Waals surface area contributed by atoms with E-state index in [1.165, 1.54) is 64.2 Å². The van der Waals surface area contributed by atoms with Gasteiger partial charge in [0.25, 0.3) is 6.29 Å². The predicted octanol–water partition coefficient (Wildman–Crippen LogP) is 20.9. The number of hydrogen-bond donors (Lipinski definition) is 1. The van der Waals surface area contributed by atoms with Gasteiger partial charge in [-0.25, -0.2) is 4.79 Å². The highest BCUT2D eigenvalue weighted by Crippen LogP contribution is 2.14. The van der Waals surface area contributed by atoms with E-state index in [0.29, 0.717) is 17.4 Å². The molecule has 0 fully saturated rings. The van der Waals surface area contributed by atoms with Crippen molar-refractivity contribution in [1.29, 1.82) is 0 Å². The molecule has 0 aromatic rings. The quantitative estimate of drug-likeness (QED) is 0.0211. The van der Waals surface area contributed by atoms with Crippen LogP contribution in [-0.2, 0) is 33.3 Å². The van der Waals surface area contributed by atoms with Gasteiger partial charge in [-0.05, 0) is 128 Å². The molecule has 0 saturated heterocycles. The van der Waals surface area contributed by atoms with Crippen molar-refractivity contribution >= 4 is 17.9 Å². The number of unbranched alkanes of at least 4 members (excludes halogenated alkanes) is 19. The van der Waals surface area contributed by atoms with Gasteiger partial charge >= 0.3 is 17.9 Å². The third-order valence-corrected chi connectivity index (χ3v) is 13.8. The maximum Gasteiger partial charge on any atom is 0.361 e. The largest absolute Gasteiger partial charge is 0.477 e. The van der Waals surface area contributed by atoms with Gasteiger partial charge in [-0.3, -0.25) is 9.59 Å². The SMILES string of the molecule is CC/C=C\C/C=C\C/C=C\C/C=C\C/C=C\C/C=C\C/C=C\C/C=C\C/C=C\C/C=C\CCCCCCCCC(=O)OC(COC(=O)CCCCCCCCCC/C=C\C/C=C\C/C=C\CCCCCCC)COC(OCC[N+](C)(C)C)C(=O)O. The first kappa shape index (κ1) is 79.9. The van der Waals surface area contributed by atoms with E-state index in [1.54, 1.807) is 0 Å². The van der Waals surface area contributed by atoms with Crippen LogP contribution in [0.25, 0.3) is 0 Å². The lowest BCUT2D eigenvalue weighted by molar-refractivity contribution is -0.870. The first-order chi connectivity index (χ1) is 41.6. The standard InChI is InChI=1S/C76H123NO8/c1-6-8-10-12-14-16-18-20-22-24-26-28-30-31-32-33-34-35-36-37-38-39-40-41-42-43-45-47-49-51-53-55-57-59-61-63-65-67-74(79)85-72(71-84-76(75(80)81)82-69-68-77(3,4)5)70-83-73(78)66-64-62-60-58-56-54-52-50-48-46-44-29-27-25-23-21-19-17-15-13-11-9-7-2/h8,10,14,16,19-22,25-28,31-32,34-35,37-38,40-41,43-46,49,51,72,76H,6-7,9,11-13,15,17-18,23-24,29-30,33,36,39,42,47-48,50,52-71H2,1-5H3/p+1/b10-8-,16-14-,21-19-,22-20-,27-25-,28-26-,32-31-,35-34-,38-37-,41-40-,45-43-,46-44-,51-49-. The van der Waals surface area contributed by atoms with Crippen molar-refractivity contribution in [2.24, 2.45) is 0 Å². The number of ether oxygens (including phenoxy) is 4. The van der Waals surface area contributed by atoms with E-state index in [2.05, 4.69) is 172 Å². The summed E-state index contributed by atoms with van der Waals surface area (Å²) in [5, 5.41) is 9.74. The molecular weight excluding hydrogens is 1050 g/mol. The normalized spacial score (nSPS) is 13.8. The van der Waals surface area contributed by atoms with Gasteiger partial charge in [-0.2, -0.15) is 0 Å². The lowest BCUT2D eigenvalue weighted by Crippen LogP contribution is -2.40. The maximum atomic E-state index is 12.9. The summed E-state index contributed by atoms with van der Waals surface area (Å²) in [4.78, 5) is 37.6. The molecule has 2 atom stereocenters. The molecule has 0 bridgehead atoms. The summed E-state index contributed by atoms with van der Waals surface area (Å²) in [6.07, 6.45) is 93.3. The predicted molar refractivity (Wildman–Crippen MR) is 363 cm³/mol. The van der Waals surface area contributed by atoms with Crippen LogP contribution in [0.3, 0.4) is 0 Å². The van der Waals surface area contributed by atoms with Gasteiger partial charge in [-0.15, -0.1) is 0 Å². The number of carboxylic acid groups (broad SMARTS) is 1. The van der Waals surface area contributed by atoms with Gasteiger partial charge in [0.05, 0.1) is 34.4 Å². The molecule has 1 N–H and O–H groups in total. The summed E-state index contributed by atoms with van der Waals surface area (Å²) in [6.45, 7) is 4.71. The fraction of sp³-hybridized carbons (Fsp3) is 0.618. The smallest absolute Gasteiger partial charge is 0.361 e. The van der Waals surface area contributed by atoms with E-state index >= 15 is 0 Å². The zero-order valence-electron chi connectivity index (χ0n) is 54.7. The fourth-order valence-corrected chi connectivity index (χ4v) is 8.64. The molecule has 85 heavy (non-hydrogen) atoms. The molecule has 0 amide bonds. The van der Waals surface area contributed by atoms with E-state index in [1.807, 2.05) is 21.1 Å². The highest BCUT2D eigenvalue weighted by Gasteiger charge is 2.25. The van der Waals surface area contributed by atoms with Crippen molar-refractivity contribution in [1.82, 2.24) is 0 Å². The second kappa shape index (κ2) is 64.9. The minimum absolute atomic E-state index is 0.175. The number of carbonyl (C=O) groups is 3. The second-order valence-electron chi connectivity index (χ2n) is 23.0. The van der Waals surface area contributed by atoms with Crippen LogP contribution in [0.1, 0.15) is 245 Å². The lowest BCUT2D eigenvalue weighted by atomic mass is 10.1. The Bertz CT molecular complexity index is 1950. The lowest BCUT2D eigenvalue weighted by Gasteiger charge is -2.25. The zero-order chi connectivity index (χ0) is 61.9. The Hall–Kier alpha value is -5.09. The second-order valence-corrected chi connectivity index (χ2v) is 23.0. The molecule has 9 nitrogen and oxygen atoms in total. The number of rotatable bonds is 60. The first-order valence-electron chi connectivity index (χ1n) is 33.6. The van der Waals surface area contributed by atoms with Crippen LogP contribution in [0.15, 0.2) is 158 Å². The van der Waals surface area contributed by atoms with E-state index in [4.69, 9.17) is 18.9 Å². The summed E-state index contributed by atoms with van der Waals surface area (Å²) in [5.41, 5.74) is 0. The van der Waals surface area contributed by atoms with Gasteiger partial charge in [-0.1, -0.05) is 262 Å². The van der Waals surface area contributed by atoms with Crippen molar-refractivity contribution in [3.8, 4) is 0 Å². The van der Waals surface area contributed by atoms with Crippen LogP contribution in [0.5, 0.6) is 0 Å². The molecule has 480 valence electrons. The van der Waals surface area contributed by atoms with E-state index in [9.17, 15) is 19.5 Å². The van der Waals surface area contributed by atoms with Crippen molar-refractivity contribution in [2.75, 3.05) is 47.5 Å². The molecular formula is C76H124NO8+. The summed E-state index contributed by atoms with van der Waals surface area (Å²) >= 11 is 0. The molecule has 0 saturated carbocycles. The Balaban J connectivity index is 4.26. The fourth-order valence-electron chi connectivity index (χ4n) is 8.64. The molecule has 0 aliphatic rings. The number of nitrogens with zero attached hydrogens (tertiary/aromatic N) is 1. The minimum Gasteiger partial charge on any atom is -0.477 e. The van der Waals surface area contributed by atoms with Crippen molar-refractivity contribution in [3.05, 3.63) is 158 Å². The molecule has 0 rings (SSSR count). The van der Waals surface area contributed by atoms with E-state index in [-0.39, 0.29) is 38.6 Å². The topological polar surface area (TPSA) is 108 Å². The minimum atomic E-state index is -1.53. The van der Waals surface area contributed by atoms with Crippen molar-refractivity contribution < 1.29 is 42.9 Å². The Morgan fingerprint density at radius 3 is 1.00 bits per heavy atom. The first-order valence-corrected chi connectivity index (χ1v) is 33.6. The number of hydrogen-bond acceptors (Lipinski definition) is 7. The maximum absolute atomic E-state index is 12.9. The molecule has 0 aliphatic carbocycles. The summed E-state index contributed by atoms with van der Waals surface area (Å²) < 4.78 is 22.9. The van der Waals surface area contributed by atoms with E-state index < -0.39 is 24.3 Å². The molecule has 0 heterocycles. The molecule has 0 aliphatic heterocycles. The number of carboxylic acids is 1.